The van der Waals surface area contributed by atoms with Gasteiger partial charge in [-0.05, 0) is 37.4 Å². The summed E-state index contributed by atoms with van der Waals surface area (Å²) in [4.78, 5) is 6.69. The van der Waals surface area contributed by atoms with E-state index in [4.69, 9.17) is 0 Å². The first-order valence-corrected chi connectivity index (χ1v) is 9.48. The van der Waals surface area contributed by atoms with E-state index in [1.807, 2.05) is 10.8 Å². The highest BCUT2D eigenvalue weighted by Crippen LogP contribution is 2.25. The Morgan fingerprint density at radius 2 is 2.04 bits per heavy atom. The van der Waals surface area contributed by atoms with Gasteiger partial charge in [-0.1, -0.05) is 24.6 Å². The minimum atomic E-state index is -4.22. The van der Waals surface area contributed by atoms with E-state index in [-0.39, 0.29) is 18.2 Å². The number of aliphatic hydroxyl groups excluding tert-OH is 1. The third-order valence-electron chi connectivity index (χ3n) is 5.11. The van der Waals surface area contributed by atoms with Crippen LogP contribution in [0.5, 0.6) is 0 Å². The largest absolute Gasteiger partial charge is 0.395 e. The minimum Gasteiger partial charge on any atom is -0.395 e. The van der Waals surface area contributed by atoms with Crippen LogP contribution in [0, 0.1) is 0 Å². The van der Waals surface area contributed by atoms with E-state index in [0.29, 0.717) is 11.4 Å². The van der Waals surface area contributed by atoms with Crippen LogP contribution in [0.15, 0.2) is 36.7 Å². The highest BCUT2D eigenvalue weighted by Gasteiger charge is 2.27. The Hall–Kier alpha value is -1.86. The summed E-state index contributed by atoms with van der Waals surface area (Å²) in [5.41, 5.74) is 0.946. The van der Waals surface area contributed by atoms with Crippen LogP contribution >= 0.6 is 0 Å². The zero-order chi connectivity index (χ0) is 19.3. The zero-order valence-electron chi connectivity index (χ0n) is 15.3. The molecule has 1 aliphatic heterocycles. The summed E-state index contributed by atoms with van der Waals surface area (Å²) in [6.07, 6.45) is 2.68. The molecule has 1 fully saturated rings. The lowest BCUT2D eigenvalue weighted by molar-refractivity contribution is -0.127. The Morgan fingerprint density at radius 3 is 2.81 bits per heavy atom. The Morgan fingerprint density at radius 1 is 1.19 bits per heavy atom. The number of aliphatic hydroxyl groups is 1. The van der Waals surface area contributed by atoms with Crippen molar-refractivity contribution in [3.8, 4) is 11.4 Å². The first-order chi connectivity index (χ1) is 13.0. The van der Waals surface area contributed by atoms with E-state index >= 15 is 0 Å². The number of alkyl halides is 3. The molecule has 0 spiro atoms. The van der Waals surface area contributed by atoms with Gasteiger partial charge in [0, 0.05) is 37.1 Å². The summed E-state index contributed by atoms with van der Waals surface area (Å²) in [5.74, 6) is 0.691. The average Bonchev–Trinajstić information content (AvgIpc) is 3.09. The maximum Gasteiger partial charge on any atom is 0.393 e. The molecule has 1 saturated heterocycles. The molecular weight excluding hydrogens is 355 g/mol. The van der Waals surface area contributed by atoms with Gasteiger partial charge >= 0.3 is 6.18 Å². The molecule has 0 amide bonds. The van der Waals surface area contributed by atoms with Crippen LogP contribution in [0.2, 0.25) is 0 Å². The summed E-state index contributed by atoms with van der Waals surface area (Å²) in [6, 6.07) is 6.76. The van der Waals surface area contributed by atoms with Crippen molar-refractivity contribution < 1.29 is 18.3 Å². The Balaban J connectivity index is 1.63. The SMILES string of the molecule is OCC1CCCCN1CCCn1ccnc1-c1cccc(CC(F)(F)F)c1. The molecule has 27 heavy (non-hydrogen) atoms. The quantitative estimate of drug-likeness (QED) is 0.791. The van der Waals surface area contributed by atoms with Crippen molar-refractivity contribution in [2.24, 2.45) is 0 Å². The summed E-state index contributed by atoms with van der Waals surface area (Å²) in [5, 5.41) is 9.51. The molecule has 1 N–H and O–H groups in total. The third-order valence-corrected chi connectivity index (χ3v) is 5.11. The molecule has 1 atom stereocenters. The molecule has 2 heterocycles. The molecule has 0 saturated carbocycles. The fraction of sp³-hybridized carbons (Fsp3) is 0.550. The summed E-state index contributed by atoms with van der Waals surface area (Å²) >= 11 is 0. The van der Waals surface area contributed by atoms with Gasteiger partial charge in [0.1, 0.15) is 5.82 Å². The Labute approximate surface area is 157 Å². The number of hydrogen-bond donors (Lipinski definition) is 1. The van der Waals surface area contributed by atoms with Gasteiger partial charge in [-0.3, -0.25) is 4.90 Å². The number of halogens is 3. The van der Waals surface area contributed by atoms with Crippen LogP contribution in [0.4, 0.5) is 13.2 Å². The molecule has 1 unspecified atom stereocenters. The number of likely N-dealkylation sites (tertiary alicyclic amines) is 1. The number of aryl methyl sites for hydroxylation is 1. The monoisotopic (exact) mass is 381 g/mol. The molecule has 0 radical (unpaired) electrons. The lowest BCUT2D eigenvalue weighted by atomic mass is 10.0. The van der Waals surface area contributed by atoms with Crippen LogP contribution in [0.1, 0.15) is 31.2 Å². The van der Waals surface area contributed by atoms with E-state index < -0.39 is 12.6 Å². The topological polar surface area (TPSA) is 41.3 Å². The second kappa shape index (κ2) is 8.89. The molecule has 7 heteroatoms. The van der Waals surface area contributed by atoms with Gasteiger partial charge in [0.25, 0.3) is 0 Å². The van der Waals surface area contributed by atoms with Crippen LogP contribution in [-0.4, -0.2) is 51.5 Å². The van der Waals surface area contributed by atoms with Gasteiger partial charge in [0.15, 0.2) is 0 Å². The number of aromatic nitrogens is 2. The van der Waals surface area contributed by atoms with E-state index in [1.165, 1.54) is 18.9 Å². The molecule has 1 aromatic heterocycles. The minimum absolute atomic E-state index is 0.197. The van der Waals surface area contributed by atoms with Crippen LogP contribution < -0.4 is 0 Å². The summed E-state index contributed by atoms with van der Waals surface area (Å²) < 4.78 is 40.0. The second-order valence-corrected chi connectivity index (χ2v) is 7.16. The Kier molecular flexibility index (Phi) is 6.55. The van der Waals surface area contributed by atoms with Crippen molar-refractivity contribution in [2.75, 3.05) is 19.7 Å². The number of benzene rings is 1. The molecule has 1 aliphatic rings. The molecule has 4 nitrogen and oxygen atoms in total. The highest BCUT2D eigenvalue weighted by atomic mass is 19.4. The number of piperidine rings is 1. The maximum atomic E-state index is 12.7. The number of nitrogens with zero attached hydrogens (tertiary/aromatic N) is 3. The zero-order valence-corrected chi connectivity index (χ0v) is 15.3. The molecule has 3 rings (SSSR count). The first-order valence-electron chi connectivity index (χ1n) is 9.48. The van der Waals surface area contributed by atoms with Gasteiger partial charge < -0.3 is 9.67 Å². The normalized spacial score (nSPS) is 18.7. The highest BCUT2D eigenvalue weighted by molar-refractivity contribution is 5.56. The predicted molar refractivity (Wildman–Crippen MR) is 98.3 cm³/mol. The van der Waals surface area contributed by atoms with Gasteiger partial charge in [-0.25, -0.2) is 4.98 Å². The van der Waals surface area contributed by atoms with Crippen LogP contribution in [-0.2, 0) is 13.0 Å². The van der Waals surface area contributed by atoms with E-state index in [1.54, 1.807) is 24.4 Å². The van der Waals surface area contributed by atoms with Crippen molar-refractivity contribution in [3.05, 3.63) is 42.2 Å². The predicted octanol–water partition coefficient (Wildman–Crippen LogP) is 3.89. The van der Waals surface area contributed by atoms with Crippen LogP contribution in [0.25, 0.3) is 11.4 Å². The van der Waals surface area contributed by atoms with E-state index in [9.17, 15) is 18.3 Å². The number of hydrogen-bond acceptors (Lipinski definition) is 3. The van der Waals surface area contributed by atoms with E-state index in [0.717, 1.165) is 32.5 Å². The van der Waals surface area contributed by atoms with Crippen molar-refractivity contribution in [1.82, 2.24) is 14.5 Å². The Bertz CT molecular complexity index is 729. The maximum absolute atomic E-state index is 12.7. The fourth-order valence-electron chi connectivity index (χ4n) is 3.81. The summed E-state index contributed by atoms with van der Waals surface area (Å²) in [7, 11) is 0. The number of rotatable bonds is 7. The molecular formula is C20H26F3N3O. The number of imidazole rings is 1. The van der Waals surface area contributed by atoms with E-state index in [2.05, 4.69) is 9.88 Å². The summed E-state index contributed by atoms with van der Waals surface area (Å²) in [6.45, 7) is 2.86. The molecule has 0 bridgehead atoms. The van der Waals surface area contributed by atoms with Crippen molar-refractivity contribution in [3.63, 3.8) is 0 Å². The molecule has 2 aromatic rings. The van der Waals surface area contributed by atoms with Gasteiger partial charge in [0.2, 0.25) is 0 Å². The van der Waals surface area contributed by atoms with Crippen molar-refractivity contribution in [2.45, 2.75) is 50.9 Å². The van der Waals surface area contributed by atoms with Crippen molar-refractivity contribution >= 4 is 0 Å². The molecule has 0 aliphatic carbocycles. The molecule has 1 aromatic carbocycles. The molecule has 148 valence electrons. The fourth-order valence-corrected chi connectivity index (χ4v) is 3.81. The van der Waals surface area contributed by atoms with Crippen molar-refractivity contribution in [1.29, 1.82) is 0 Å². The van der Waals surface area contributed by atoms with Gasteiger partial charge in [-0.2, -0.15) is 13.2 Å². The standard InChI is InChI=1S/C20H26F3N3O/c21-20(22,23)14-16-5-3-6-17(13-16)19-24-8-12-26(19)11-4-10-25-9-2-1-7-18(25)15-27/h3,5-6,8,12-13,18,27H,1-2,4,7,9-11,14-15H2. The van der Waals surface area contributed by atoms with Crippen LogP contribution in [0.3, 0.4) is 0 Å². The smallest absolute Gasteiger partial charge is 0.393 e. The average molecular weight is 381 g/mol. The lowest BCUT2D eigenvalue weighted by Crippen LogP contribution is -2.42. The lowest BCUT2D eigenvalue weighted by Gasteiger charge is -2.34. The first kappa shape index (κ1) is 19.9. The third kappa shape index (κ3) is 5.56. The second-order valence-electron chi connectivity index (χ2n) is 7.16. The van der Waals surface area contributed by atoms with Gasteiger partial charge in [-0.15, -0.1) is 0 Å². The van der Waals surface area contributed by atoms with Gasteiger partial charge in [0.05, 0.1) is 13.0 Å².